The van der Waals surface area contributed by atoms with Gasteiger partial charge in [0.25, 0.3) is 11.8 Å². The molecule has 0 aliphatic carbocycles. The predicted molar refractivity (Wildman–Crippen MR) is 81.8 cm³/mol. The number of hydrogen-bond donors (Lipinski definition) is 0. The van der Waals surface area contributed by atoms with Gasteiger partial charge in [0.1, 0.15) is 11.5 Å². The van der Waals surface area contributed by atoms with Crippen LogP contribution in [0.5, 0.6) is 11.5 Å². The first-order valence-electron chi connectivity index (χ1n) is 6.92. The van der Waals surface area contributed by atoms with E-state index in [4.69, 9.17) is 13.9 Å². The average molecular weight is 296 g/mol. The quantitative estimate of drug-likeness (QED) is 0.719. The number of ether oxygens (including phenoxy) is 2. The van der Waals surface area contributed by atoms with E-state index < -0.39 is 0 Å². The van der Waals surface area contributed by atoms with Gasteiger partial charge in [-0.05, 0) is 30.7 Å². The summed E-state index contributed by atoms with van der Waals surface area (Å²) in [6.45, 7) is 2.22. The fourth-order valence-electron chi connectivity index (χ4n) is 2.10. The molecule has 3 aromatic rings. The molecule has 22 heavy (non-hydrogen) atoms. The molecule has 0 radical (unpaired) electrons. The van der Waals surface area contributed by atoms with Crippen molar-refractivity contribution in [1.29, 1.82) is 0 Å². The summed E-state index contributed by atoms with van der Waals surface area (Å²) in [4.78, 5) is 0. The van der Waals surface area contributed by atoms with Crippen molar-refractivity contribution in [3.63, 3.8) is 0 Å². The Hall–Kier alpha value is -2.82. The summed E-state index contributed by atoms with van der Waals surface area (Å²) in [5, 5.41) is 8.07. The fourth-order valence-corrected chi connectivity index (χ4v) is 2.10. The molecular weight excluding hydrogens is 280 g/mol. The zero-order valence-electron chi connectivity index (χ0n) is 12.4. The summed E-state index contributed by atoms with van der Waals surface area (Å²) in [5.74, 6) is 2.34. The number of nitrogens with zero attached hydrogens (tertiary/aromatic N) is 2. The Morgan fingerprint density at radius 1 is 0.955 bits per heavy atom. The van der Waals surface area contributed by atoms with Crippen molar-refractivity contribution in [3.05, 3.63) is 60.0 Å². The van der Waals surface area contributed by atoms with Crippen LogP contribution in [0, 0.1) is 6.92 Å². The molecule has 0 spiro atoms. The first kappa shape index (κ1) is 14.1. The van der Waals surface area contributed by atoms with E-state index in [1.807, 2.05) is 55.5 Å². The van der Waals surface area contributed by atoms with E-state index in [1.54, 1.807) is 7.11 Å². The highest BCUT2D eigenvalue weighted by atomic mass is 16.5. The minimum Gasteiger partial charge on any atom is -0.496 e. The molecule has 0 aliphatic rings. The molecule has 112 valence electrons. The highest BCUT2D eigenvalue weighted by Gasteiger charge is 2.13. The predicted octanol–water partition coefficient (Wildman–Crippen LogP) is 3.63. The van der Waals surface area contributed by atoms with Gasteiger partial charge >= 0.3 is 0 Å². The molecule has 5 nitrogen and oxygen atoms in total. The SMILES string of the molecule is COc1ccccc1-c1nnc(COc2ccccc2C)o1. The molecule has 5 heteroatoms. The third-order valence-electron chi connectivity index (χ3n) is 3.25. The normalized spacial score (nSPS) is 10.5. The number of benzene rings is 2. The Bertz CT molecular complexity index is 768. The molecule has 1 heterocycles. The lowest BCUT2D eigenvalue weighted by atomic mass is 10.2. The van der Waals surface area contributed by atoms with Gasteiger partial charge in [0.2, 0.25) is 0 Å². The highest BCUT2D eigenvalue weighted by molar-refractivity contribution is 5.62. The van der Waals surface area contributed by atoms with Crippen LogP contribution in [0.3, 0.4) is 0 Å². The van der Waals surface area contributed by atoms with Crippen LogP contribution in [0.15, 0.2) is 52.9 Å². The molecule has 0 saturated heterocycles. The maximum atomic E-state index is 5.70. The Balaban J connectivity index is 1.75. The number of aromatic nitrogens is 2. The van der Waals surface area contributed by atoms with E-state index in [9.17, 15) is 0 Å². The minimum absolute atomic E-state index is 0.229. The summed E-state index contributed by atoms with van der Waals surface area (Å²) in [6, 6.07) is 15.3. The number of aryl methyl sites for hydroxylation is 1. The van der Waals surface area contributed by atoms with Gasteiger partial charge in [-0.3, -0.25) is 0 Å². The van der Waals surface area contributed by atoms with Crippen molar-refractivity contribution in [2.24, 2.45) is 0 Å². The van der Waals surface area contributed by atoms with Gasteiger partial charge in [0.15, 0.2) is 6.61 Å². The molecule has 1 aromatic heterocycles. The van der Waals surface area contributed by atoms with E-state index in [2.05, 4.69) is 10.2 Å². The van der Waals surface area contributed by atoms with Gasteiger partial charge in [0, 0.05) is 0 Å². The van der Waals surface area contributed by atoms with Crippen LogP contribution in [0.4, 0.5) is 0 Å². The van der Waals surface area contributed by atoms with E-state index in [0.29, 0.717) is 17.5 Å². The van der Waals surface area contributed by atoms with Crippen LogP contribution in [0.25, 0.3) is 11.5 Å². The van der Waals surface area contributed by atoms with Crippen LogP contribution < -0.4 is 9.47 Å². The molecule has 0 unspecified atom stereocenters. The van der Waals surface area contributed by atoms with Gasteiger partial charge in [-0.2, -0.15) is 0 Å². The third kappa shape index (κ3) is 2.93. The van der Waals surface area contributed by atoms with Crippen LogP contribution in [0.1, 0.15) is 11.5 Å². The van der Waals surface area contributed by atoms with Gasteiger partial charge in [-0.1, -0.05) is 30.3 Å². The summed E-state index contributed by atoms with van der Waals surface area (Å²) >= 11 is 0. The third-order valence-corrected chi connectivity index (χ3v) is 3.25. The molecule has 0 N–H and O–H groups in total. The summed E-state index contributed by atoms with van der Waals surface area (Å²) in [5.41, 5.74) is 1.83. The number of para-hydroxylation sites is 2. The molecule has 0 fully saturated rings. The lowest BCUT2D eigenvalue weighted by Crippen LogP contribution is -1.97. The van der Waals surface area contributed by atoms with E-state index >= 15 is 0 Å². The van der Waals surface area contributed by atoms with Crippen LogP contribution in [0.2, 0.25) is 0 Å². The summed E-state index contributed by atoms with van der Waals surface area (Å²) < 4.78 is 16.6. The number of rotatable bonds is 5. The largest absolute Gasteiger partial charge is 0.496 e. The van der Waals surface area contributed by atoms with Crippen molar-refractivity contribution >= 4 is 0 Å². The van der Waals surface area contributed by atoms with Gasteiger partial charge in [0.05, 0.1) is 12.7 Å². The van der Waals surface area contributed by atoms with Crippen molar-refractivity contribution in [2.75, 3.05) is 7.11 Å². The van der Waals surface area contributed by atoms with E-state index in [1.165, 1.54) is 0 Å². The van der Waals surface area contributed by atoms with Gasteiger partial charge in [-0.25, -0.2) is 0 Å². The van der Waals surface area contributed by atoms with Crippen molar-refractivity contribution in [2.45, 2.75) is 13.5 Å². The van der Waals surface area contributed by atoms with Crippen LogP contribution in [-0.4, -0.2) is 17.3 Å². The van der Waals surface area contributed by atoms with Crippen molar-refractivity contribution < 1.29 is 13.9 Å². The van der Waals surface area contributed by atoms with E-state index in [0.717, 1.165) is 16.9 Å². The Labute approximate surface area is 128 Å². The molecule has 0 bridgehead atoms. The van der Waals surface area contributed by atoms with Gasteiger partial charge < -0.3 is 13.9 Å². The molecule has 0 saturated carbocycles. The molecule has 0 atom stereocenters. The summed E-state index contributed by atoms with van der Waals surface area (Å²) in [7, 11) is 1.61. The smallest absolute Gasteiger partial charge is 0.254 e. The molecule has 2 aromatic carbocycles. The molecule has 0 amide bonds. The second-order valence-corrected chi connectivity index (χ2v) is 4.76. The number of hydrogen-bond acceptors (Lipinski definition) is 5. The van der Waals surface area contributed by atoms with E-state index in [-0.39, 0.29) is 6.61 Å². The second-order valence-electron chi connectivity index (χ2n) is 4.76. The maximum absolute atomic E-state index is 5.70. The van der Waals surface area contributed by atoms with Crippen LogP contribution in [-0.2, 0) is 6.61 Å². The zero-order valence-corrected chi connectivity index (χ0v) is 12.4. The highest BCUT2D eigenvalue weighted by Crippen LogP contribution is 2.28. The van der Waals surface area contributed by atoms with Crippen molar-refractivity contribution in [1.82, 2.24) is 10.2 Å². The molecular formula is C17H16N2O3. The average Bonchev–Trinajstić information content (AvgIpc) is 3.03. The first-order chi connectivity index (χ1) is 10.8. The first-order valence-corrected chi connectivity index (χ1v) is 6.92. The second kappa shape index (κ2) is 6.30. The Morgan fingerprint density at radius 3 is 2.45 bits per heavy atom. The Kier molecular flexibility index (Phi) is 4.05. The molecule has 0 aliphatic heterocycles. The fraction of sp³-hybridized carbons (Fsp3) is 0.176. The Morgan fingerprint density at radius 2 is 1.68 bits per heavy atom. The number of methoxy groups -OCH3 is 1. The topological polar surface area (TPSA) is 57.4 Å². The lowest BCUT2D eigenvalue weighted by molar-refractivity contribution is 0.263. The van der Waals surface area contributed by atoms with Crippen molar-refractivity contribution in [3.8, 4) is 23.0 Å². The standard InChI is InChI=1S/C17H16N2O3/c1-12-7-3-5-9-14(12)21-11-16-18-19-17(22-16)13-8-4-6-10-15(13)20-2/h3-10H,11H2,1-2H3. The summed E-state index contributed by atoms with van der Waals surface area (Å²) in [6.07, 6.45) is 0. The van der Waals surface area contributed by atoms with Gasteiger partial charge in [-0.15, -0.1) is 10.2 Å². The maximum Gasteiger partial charge on any atom is 0.254 e. The molecule has 3 rings (SSSR count). The lowest BCUT2D eigenvalue weighted by Gasteiger charge is -2.06. The monoisotopic (exact) mass is 296 g/mol. The minimum atomic E-state index is 0.229. The zero-order chi connectivity index (χ0) is 15.4. The van der Waals surface area contributed by atoms with Crippen LogP contribution >= 0.6 is 0 Å².